The summed E-state index contributed by atoms with van der Waals surface area (Å²) in [5, 5.41) is 16.7. The molecule has 24 heavy (non-hydrogen) atoms. The quantitative estimate of drug-likeness (QED) is 0.656. The summed E-state index contributed by atoms with van der Waals surface area (Å²) in [4.78, 5) is 12.2. The molecule has 1 N–H and O–H groups in total. The van der Waals surface area contributed by atoms with Crippen molar-refractivity contribution in [2.45, 2.75) is 13.0 Å². The summed E-state index contributed by atoms with van der Waals surface area (Å²) in [6, 6.07) is 6.77. The van der Waals surface area contributed by atoms with Gasteiger partial charge in [0.2, 0.25) is 5.13 Å². The van der Waals surface area contributed by atoms with Gasteiger partial charge in [-0.2, -0.15) is 11.3 Å². The monoisotopic (exact) mass is 399 g/mol. The molecule has 2 heterocycles. The molecule has 0 aliphatic heterocycles. The number of rotatable bonds is 5. The van der Waals surface area contributed by atoms with Crippen LogP contribution in [-0.4, -0.2) is 22.2 Å². The van der Waals surface area contributed by atoms with Crippen LogP contribution in [0.2, 0.25) is 10.0 Å². The molecule has 0 fully saturated rings. The fourth-order valence-electron chi connectivity index (χ4n) is 1.80. The third-order valence-corrected chi connectivity index (χ3v) is 5.09. The fourth-order valence-corrected chi connectivity index (χ4v) is 3.71. The van der Waals surface area contributed by atoms with Gasteiger partial charge in [-0.1, -0.05) is 34.5 Å². The molecule has 0 aliphatic carbocycles. The molecule has 1 unspecified atom stereocenters. The second-order valence-electron chi connectivity index (χ2n) is 4.75. The van der Waals surface area contributed by atoms with Crippen LogP contribution in [0, 0.1) is 0 Å². The number of carbonyl (C=O) groups is 1. The summed E-state index contributed by atoms with van der Waals surface area (Å²) in [5.74, 6) is 0.0500. The first-order valence-electron chi connectivity index (χ1n) is 6.81. The van der Waals surface area contributed by atoms with E-state index >= 15 is 0 Å². The highest BCUT2D eigenvalue weighted by Gasteiger charge is 2.18. The molecule has 5 nitrogen and oxygen atoms in total. The number of ether oxygens (including phenoxy) is 1. The molecule has 9 heteroatoms. The minimum atomic E-state index is -0.753. The lowest BCUT2D eigenvalue weighted by Gasteiger charge is -2.14. The average molecular weight is 400 g/mol. The smallest absolute Gasteiger partial charge is 0.266 e. The zero-order valence-corrected chi connectivity index (χ0v) is 15.5. The van der Waals surface area contributed by atoms with Gasteiger partial charge in [-0.05, 0) is 36.6 Å². The van der Waals surface area contributed by atoms with Crippen LogP contribution in [-0.2, 0) is 4.79 Å². The first kappa shape index (κ1) is 17.2. The van der Waals surface area contributed by atoms with Crippen LogP contribution >= 0.6 is 45.9 Å². The number of amides is 1. The summed E-state index contributed by atoms with van der Waals surface area (Å²) >= 11 is 14.8. The van der Waals surface area contributed by atoms with Gasteiger partial charge in [0.05, 0.1) is 5.02 Å². The molecule has 1 amide bonds. The van der Waals surface area contributed by atoms with Gasteiger partial charge in [-0.25, -0.2) is 0 Å². The van der Waals surface area contributed by atoms with E-state index in [9.17, 15) is 4.79 Å². The summed E-state index contributed by atoms with van der Waals surface area (Å²) in [6.45, 7) is 1.63. The topological polar surface area (TPSA) is 64.1 Å². The first-order valence-corrected chi connectivity index (χ1v) is 9.33. The Morgan fingerprint density at radius 2 is 2.12 bits per heavy atom. The number of aromatic nitrogens is 2. The van der Waals surface area contributed by atoms with Crippen LogP contribution in [0.4, 0.5) is 5.13 Å². The molecule has 3 rings (SSSR count). The van der Waals surface area contributed by atoms with E-state index in [4.69, 9.17) is 27.9 Å². The molecule has 0 saturated heterocycles. The van der Waals surface area contributed by atoms with Crippen molar-refractivity contribution in [3.05, 3.63) is 45.1 Å². The minimum absolute atomic E-state index is 0.339. The van der Waals surface area contributed by atoms with Crippen LogP contribution in [0.15, 0.2) is 35.0 Å². The van der Waals surface area contributed by atoms with Crippen molar-refractivity contribution in [2.75, 3.05) is 5.32 Å². The summed E-state index contributed by atoms with van der Waals surface area (Å²) in [6.07, 6.45) is -0.753. The van der Waals surface area contributed by atoms with Crippen molar-refractivity contribution in [2.24, 2.45) is 0 Å². The number of anilines is 1. The van der Waals surface area contributed by atoms with Crippen molar-refractivity contribution in [1.82, 2.24) is 10.2 Å². The lowest BCUT2D eigenvalue weighted by atomic mass is 10.3. The maximum Gasteiger partial charge on any atom is 0.266 e. The molecular weight excluding hydrogens is 389 g/mol. The van der Waals surface area contributed by atoms with Crippen LogP contribution in [0.1, 0.15) is 6.92 Å². The molecule has 0 bridgehead atoms. The number of hydrogen-bond acceptors (Lipinski definition) is 6. The van der Waals surface area contributed by atoms with Gasteiger partial charge in [-0.15, -0.1) is 10.2 Å². The van der Waals surface area contributed by atoms with E-state index in [-0.39, 0.29) is 5.91 Å². The summed E-state index contributed by atoms with van der Waals surface area (Å²) in [5.41, 5.74) is 0.982. The van der Waals surface area contributed by atoms with Gasteiger partial charge in [0.25, 0.3) is 5.91 Å². The van der Waals surface area contributed by atoms with Gasteiger partial charge in [-0.3, -0.25) is 10.1 Å². The predicted octanol–water partition coefficient (Wildman–Crippen LogP) is 4.98. The van der Waals surface area contributed by atoms with Crippen molar-refractivity contribution >= 4 is 56.9 Å². The van der Waals surface area contributed by atoms with E-state index in [1.807, 2.05) is 16.8 Å². The maximum absolute atomic E-state index is 12.2. The van der Waals surface area contributed by atoms with Crippen LogP contribution in [0.5, 0.6) is 5.75 Å². The standard InChI is InChI=1S/C15H11Cl2N3O2S2/c1-8(22-12-3-2-10(16)6-11(12)17)13(21)18-15-20-19-14(24-15)9-4-5-23-7-9/h2-8H,1H3,(H,18,20,21). The Hall–Kier alpha value is -1.67. The second kappa shape index (κ2) is 7.48. The van der Waals surface area contributed by atoms with Crippen molar-refractivity contribution < 1.29 is 9.53 Å². The van der Waals surface area contributed by atoms with E-state index in [1.54, 1.807) is 36.5 Å². The van der Waals surface area contributed by atoms with Crippen molar-refractivity contribution in [3.63, 3.8) is 0 Å². The van der Waals surface area contributed by atoms with E-state index in [2.05, 4.69) is 15.5 Å². The number of benzene rings is 1. The number of nitrogens with zero attached hydrogens (tertiary/aromatic N) is 2. The van der Waals surface area contributed by atoms with Gasteiger partial charge in [0.1, 0.15) is 10.8 Å². The highest BCUT2D eigenvalue weighted by atomic mass is 35.5. The molecule has 124 valence electrons. The molecule has 0 spiro atoms. The number of thiophene rings is 1. The van der Waals surface area contributed by atoms with E-state index < -0.39 is 6.10 Å². The molecule has 0 aliphatic rings. The molecule has 1 aromatic carbocycles. The molecule has 0 saturated carbocycles. The second-order valence-corrected chi connectivity index (χ2v) is 7.35. The Bertz CT molecular complexity index is 852. The number of hydrogen-bond donors (Lipinski definition) is 1. The predicted molar refractivity (Wildman–Crippen MR) is 98.4 cm³/mol. The number of halogens is 2. The Balaban J connectivity index is 1.64. The Labute approximate surface area is 156 Å². The molecule has 2 aromatic heterocycles. The van der Waals surface area contributed by atoms with Crippen molar-refractivity contribution in [1.29, 1.82) is 0 Å². The van der Waals surface area contributed by atoms with Crippen LogP contribution in [0.3, 0.4) is 0 Å². The van der Waals surface area contributed by atoms with Crippen LogP contribution < -0.4 is 10.1 Å². The van der Waals surface area contributed by atoms with Gasteiger partial charge in [0.15, 0.2) is 6.10 Å². The van der Waals surface area contributed by atoms with Crippen molar-refractivity contribution in [3.8, 4) is 16.3 Å². The molecule has 0 radical (unpaired) electrons. The molecule has 3 aromatic rings. The van der Waals surface area contributed by atoms with Gasteiger partial charge in [0, 0.05) is 16.0 Å². The van der Waals surface area contributed by atoms with E-state index in [0.717, 1.165) is 10.6 Å². The zero-order valence-electron chi connectivity index (χ0n) is 12.3. The highest BCUT2D eigenvalue weighted by molar-refractivity contribution is 7.19. The highest BCUT2D eigenvalue weighted by Crippen LogP contribution is 2.29. The lowest BCUT2D eigenvalue weighted by molar-refractivity contribution is -0.122. The lowest BCUT2D eigenvalue weighted by Crippen LogP contribution is -2.30. The normalized spacial score (nSPS) is 12.0. The first-order chi connectivity index (χ1) is 11.5. The minimum Gasteiger partial charge on any atom is -0.479 e. The molecular formula is C15H11Cl2N3O2S2. The van der Waals surface area contributed by atoms with E-state index in [0.29, 0.717) is 20.9 Å². The Morgan fingerprint density at radius 1 is 1.29 bits per heavy atom. The zero-order chi connectivity index (χ0) is 17.1. The number of nitrogens with one attached hydrogen (secondary N) is 1. The Kier molecular flexibility index (Phi) is 5.35. The van der Waals surface area contributed by atoms with E-state index in [1.165, 1.54) is 11.3 Å². The van der Waals surface area contributed by atoms with Gasteiger partial charge >= 0.3 is 0 Å². The number of carbonyl (C=O) groups excluding carboxylic acids is 1. The summed E-state index contributed by atoms with van der Waals surface area (Å²) in [7, 11) is 0. The van der Waals surface area contributed by atoms with Gasteiger partial charge < -0.3 is 4.74 Å². The Morgan fingerprint density at radius 3 is 2.83 bits per heavy atom. The van der Waals surface area contributed by atoms with Crippen LogP contribution in [0.25, 0.3) is 10.6 Å². The summed E-state index contributed by atoms with van der Waals surface area (Å²) < 4.78 is 5.57. The average Bonchev–Trinajstić information content (AvgIpc) is 3.20. The third-order valence-electron chi connectivity index (χ3n) is 2.99. The molecule has 1 atom stereocenters. The third kappa shape index (κ3) is 4.05. The fraction of sp³-hybridized carbons (Fsp3) is 0.133. The largest absolute Gasteiger partial charge is 0.479 e. The maximum atomic E-state index is 12.2. The SMILES string of the molecule is CC(Oc1ccc(Cl)cc1Cl)C(=O)Nc1nnc(-c2ccsc2)s1.